The van der Waals surface area contributed by atoms with Gasteiger partial charge >= 0.3 is 0 Å². The molecule has 31 heavy (non-hydrogen) atoms. The van der Waals surface area contributed by atoms with Crippen LogP contribution in [0.1, 0.15) is 60.9 Å². The maximum Gasteiger partial charge on any atom is 0.263 e. The van der Waals surface area contributed by atoms with Gasteiger partial charge in [0.15, 0.2) is 0 Å². The number of anilines is 1. The van der Waals surface area contributed by atoms with Gasteiger partial charge in [-0.3, -0.25) is 9.62 Å². The standard InChI is InChI=1S/C23H26N4O2S2/c28-31(29,26-23-24-16-25-30-23)19-12-13-20-18(15-19)9-6-11-22(20)27-14-5-4-10-21(27)17-7-2-1-3-8-17/h1-3,7-8,12-13,15-16,21-22H,4-6,9-11,14H2,(H,24,25,26)/t21-,22-/m0/s1. The number of benzene rings is 2. The molecule has 0 spiro atoms. The van der Waals surface area contributed by atoms with E-state index in [4.69, 9.17) is 0 Å². The highest BCUT2D eigenvalue weighted by atomic mass is 32.2. The van der Waals surface area contributed by atoms with Crippen LogP contribution in [0.5, 0.6) is 0 Å². The fourth-order valence-corrected chi connectivity index (χ4v) is 6.74. The number of aryl methyl sites for hydroxylation is 1. The molecule has 0 amide bonds. The van der Waals surface area contributed by atoms with Gasteiger partial charge in [-0.05, 0) is 67.5 Å². The van der Waals surface area contributed by atoms with Crippen molar-refractivity contribution < 1.29 is 8.42 Å². The van der Waals surface area contributed by atoms with E-state index in [0.29, 0.717) is 17.0 Å². The molecule has 1 aliphatic carbocycles. The van der Waals surface area contributed by atoms with E-state index >= 15 is 0 Å². The van der Waals surface area contributed by atoms with Gasteiger partial charge in [-0.25, -0.2) is 13.4 Å². The van der Waals surface area contributed by atoms with Crippen molar-refractivity contribution in [2.45, 2.75) is 55.5 Å². The molecule has 5 rings (SSSR count). The first-order chi connectivity index (χ1) is 15.1. The largest absolute Gasteiger partial charge is 0.289 e. The van der Waals surface area contributed by atoms with Crippen LogP contribution in [0.3, 0.4) is 0 Å². The van der Waals surface area contributed by atoms with E-state index in [9.17, 15) is 8.42 Å². The smallest absolute Gasteiger partial charge is 0.263 e. The molecular weight excluding hydrogens is 428 g/mol. The topological polar surface area (TPSA) is 75.2 Å². The minimum absolute atomic E-state index is 0.287. The van der Waals surface area contributed by atoms with E-state index in [1.54, 1.807) is 6.07 Å². The molecule has 0 unspecified atom stereocenters. The van der Waals surface area contributed by atoms with E-state index in [2.05, 4.69) is 49.3 Å². The lowest BCUT2D eigenvalue weighted by Gasteiger charge is -2.44. The summed E-state index contributed by atoms with van der Waals surface area (Å²) in [7, 11) is -3.67. The van der Waals surface area contributed by atoms with E-state index in [1.165, 1.54) is 36.7 Å². The van der Waals surface area contributed by atoms with E-state index in [1.807, 2.05) is 12.1 Å². The van der Waals surface area contributed by atoms with Gasteiger partial charge in [-0.15, -0.1) is 0 Å². The van der Waals surface area contributed by atoms with Crippen LogP contribution in [0.2, 0.25) is 0 Å². The average Bonchev–Trinajstić information content (AvgIpc) is 3.31. The van der Waals surface area contributed by atoms with Gasteiger partial charge in [0.25, 0.3) is 10.0 Å². The van der Waals surface area contributed by atoms with Crippen LogP contribution in [-0.4, -0.2) is 29.2 Å². The van der Waals surface area contributed by atoms with Crippen molar-refractivity contribution in [3.8, 4) is 0 Å². The molecule has 6 nitrogen and oxygen atoms in total. The Bertz CT molecular complexity index is 1130. The first-order valence-electron chi connectivity index (χ1n) is 10.8. The highest BCUT2D eigenvalue weighted by Crippen LogP contribution is 2.43. The second kappa shape index (κ2) is 8.68. The highest BCUT2D eigenvalue weighted by molar-refractivity contribution is 7.93. The zero-order chi connectivity index (χ0) is 21.3. The lowest BCUT2D eigenvalue weighted by Crippen LogP contribution is -2.38. The molecule has 3 aromatic rings. The number of nitrogens with one attached hydrogen (secondary N) is 1. The minimum atomic E-state index is -3.67. The molecule has 1 saturated heterocycles. The molecule has 1 aromatic heterocycles. The van der Waals surface area contributed by atoms with Crippen LogP contribution in [0.15, 0.2) is 59.8 Å². The van der Waals surface area contributed by atoms with Gasteiger partial charge in [0.1, 0.15) is 6.33 Å². The molecule has 1 fully saturated rings. The lowest BCUT2D eigenvalue weighted by molar-refractivity contribution is 0.0835. The van der Waals surface area contributed by atoms with Gasteiger partial charge in [-0.1, -0.05) is 42.8 Å². The maximum atomic E-state index is 12.8. The Hall–Kier alpha value is -2.29. The molecule has 2 aromatic carbocycles. The molecule has 0 bridgehead atoms. The predicted octanol–water partition coefficient (Wildman–Crippen LogP) is 4.94. The number of hydrogen-bond donors (Lipinski definition) is 1. The Kier molecular flexibility index (Phi) is 5.77. The van der Waals surface area contributed by atoms with Crippen LogP contribution in [0, 0.1) is 0 Å². The van der Waals surface area contributed by atoms with Crippen molar-refractivity contribution in [3.05, 3.63) is 71.5 Å². The number of fused-ring (bicyclic) bond motifs is 1. The lowest BCUT2D eigenvalue weighted by atomic mass is 9.83. The van der Waals surface area contributed by atoms with Crippen molar-refractivity contribution in [2.75, 3.05) is 11.3 Å². The zero-order valence-electron chi connectivity index (χ0n) is 17.3. The maximum absolute atomic E-state index is 12.8. The van der Waals surface area contributed by atoms with E-state index in [-0.39, 0.29) is 5.13 Å². The summed E-state index contributed by atoms with van der Waals surface area (Å²) in [5, 5.41) is 0.287. The first-order valence-corrected chi connectivity index (χ1v) is 13.1. The minimum Gasteiger partial charge on any atom is -0.289 e. The predicted molar refractivity (Wildman–Crippen MR) is 123 cm³/mol. The normalized spacial score (nSPS) is 22.1. The summed E-state index contributed by atoms with van der Waals surface area (Å²) in [6.07, 6.45) is 8.10. The van der Waals surface area contributed by atoms with Crippen LogP contribution in [0.4, 0.5) is 5.13 Å². The molecule has 2 aliphatic rings. The summed E-state index contributed by atoms with van der Waals surface area (Å²) in [4.78, 5) is 6.88. The quantitative estimate of drug-likeness (QED) is 0.591. The van der Waals surface area contributed by atoms with Crippen molar-refractivity contribution >= 4 is 26.7 Å². The van der Waals surface area contributed by atoms with Crippen LogP contribution in [0.25, 0.3) is 0 Å². The Morgan fingerprint density at radius 2 is 1.84 bits per heavy atom. The van der Waals surface area contributed by atoms with Gasteiger partial charge in [0.2, 0.25) is 5.13 Å². The summed E-state index contributed by atoms with van der Waals surface area (Å²) in [5.74, 6) is 0. The Morgan fingerprint density at radius 1 is 1.00 bits per heavy atom. The van der Waals surface area contributed by atoms with Crippen molar-refractivity contribution in [1.29, 1.82) is 0 Å². The molecule has 1 N–H and O–H groups in total. The van der Waals surface area contributed by atoms with Crippen molar-refractivity contribution in [3.63, 3.8) is 0 Å². The third-order valence-corrected chi connectivity index (χ3v) is 8.47. The molecule has 2 heterocycles. The number of aromatic nitrogens is 2. The Labute approximate surface area is 187 Å². The summed E-state index contributed by atoms with van der Waals surface area (Å²) in [5.41, 5.74) is 3.81. The van der Waals surface area contributed by atoms with Crippen molar-refractivity contribution in [2.24, 2.45) is 0 Å². The Morgan fingerprint density at radius 3 is 2.65 bits per heavy atom. The second-order valence-electron chi connectivity index (χ2n) is 8.28. The number of hydrogen-bond acceptors (Lipinski definition) is 6. The zero-order valence-corrected chi connectivity index (χ0v) is 18.9. The van der Waals surface area contributed by atoms with E-state index in [0.717, 1.165) is 42.9 Å². The van der Waals surface area contributed by atoms with Crippen LogP contribution in [-0.2, 0) is 16.4 Å². The molecule has 0 saturated carbocycles. The van der Waals surface area contributed by atoms with Gasteiger partial charge in [0, 0.05) is 23.6 Å². The number of nitrogens with zero attached hydrogens (tertiary/aromatic N) is 3. The summed E-state index contributed by atoms with van der Waals surface area (Å²) >= 11 is 1.03. The van der Waals surface area contributed by atoms with Crippen LogP contribution < -0.4 is 4.72 Å². The second-order valence-corrected chi connectivity index (χ2v) is 10.7. The fraction of sp³-hybridized carbons (Fsp3) is 0.391. The molecular formula is C23H26N4O2S2. The number of sulfonamides is 1. The third kappa shape index (κ3) is 4.24. The third-order valence-electron chi connectivity index (χ3n) is 6.42. The highest BCUT2D eigenvalue weighted by Gasteiger charge is 2.33. The van der Waals surface area contributed by atoms with Gasteiger partial charge in [0.05, 0.1) is 4.90 Å². The average molecular weight is 455 g/mol. The molecule has 162 valence electrons. The van der Waals surface area contributed by atoms with Crippen molar-refractivity contribution in [1.82, 2.24) is 14.3 Å². The summed E-state index contributed by atoms with van der Waals surface area (Å²) in [6, 6.07) is 17.2. The fourth-order valence-electron chi connectivity index (χ4n) is 5.03. The number of rotatable bonds is 5. The molecule has 0 radical (unpaired) electrons. The van der Waals surface area contributed by atoms with Gasteiger partial charge < -0.3 is 0 Å². The SMILES string of the molecule is O=S(=O)(Nc1ncns1)c1ccc2c(c1)CCC[C@@H]2N1CCCC[C@H]1c1ccccc1. The van der Waals surface area contributed by atoms with Gasteiger partial charge in [-0.2, -0.15) is 4.37 Å². The van der Waals surface area contributed by atoms with E-state index < -0.39 is 10.0 Å². The first kappa shape index (κ1) is 20.6. The number of piperidine rings is 1. The molecule has 8 heteroatoms. The monoisotopic (exact) mass is 454 g/mol. The summed E-state index contributed by atoms with van der Waals surface area (Å²) in [6.45, 7) is 1.09. The molecule has 1 aliphatic heterocycles. The van der Waals surface area contributed by atoms with Crippen LogP contribution >= 0.6 is 11.5 Å². The number of likely N-dealkylation sites (tertiary alicyclic amines) is 1. The Balaban J connectivity index is 1.45. The molecule has 2 atom stereocenters. The summed E-state index contributed by atoms with van der Waals surface area (Å²) < 4.78 is 32.0.